The number of nitrogens with zero attached hydrogens (tertiary/aromatic N) is 3. The molecule has 6 heteroatoms. The predicted molar refractivity (Wildman–Crippen MR) is 161 cm³/mol. The Labute approximate surface area is 232 Å². The van der Waals surface area contributed by atoms with Gasteiger partial charge in [0.25, 0.3) is 0 Å². The number of para-hydroxylation sites is 1. The van der Waals surface area contributed by atoms with Crippen LogP contribution in [0.1, 0.15) is 0 Å². The van der Waals surface area contributed by atoms with E-state index in [0.717, 1.165) is 38.6 Å². The summed E-state index contributed by atoms with van der Waals surface area (Å²) in [7, 11) is 0. The predicted octanol–water partition coefficient (Wildman–Crippen LogP) is 9.79. The van der Waals surface area contributed by atoms with Crippen molar-refractivity contribution in [3.63, 3.8) is 0 Å². The highest BCUT2D eigenvalue weighted by atomic mass is 35.5. The van der Waals surface area contributed by atoms with Gasteiger partial charge < -0.3 is 4.42 Å². The minimum atomic E-state index is 0.561. The Balaban J connectivity index is 1.37. The van der Waals surface area contributed by atoms with Crippen LogP contribution in [0.15, 0.2) is 114 Å². The number of halogens is 1. The third kappa shape index (κ3) is 3.70. The minimum absolute atomic E-state index is 0.561. The first-order chi connectivity index (χ1) is 19.2. The van der Waals surface area contributed by atoms with Crippen molar-refractivity contribution >= 4 is 65.0 Å². The molecule has 3 heterocycles. The summed E-state index contributed by atoms with van der Waals surface area (Å²) in [6, 6.07) is 36.6. The quantitative estimate of drug-likeness (QED) is 0.224. The second-order valence-electron chi connectivity index (χ2n) is 9.41. The zero-order chi connectivity index (χ0) is 25.9. The molecule has 39 heavy (non-hydrogen) atoms. The van der Waals surface area contributed by atoms with E-state index in [2.05, 4.69) is 42.5 Å². The molecule has 0 spiro atoms. The minimum Gasteiger partial charge on any atom is -0.455 e. The molecule has 0 saturated heterocycles. The van der Waals surface area contributed by atoms with Crippen LogP contribution in [0.4, 0.5) is 0 Å². The number of fused-ring (bicyclic) bond motifs is 6. The Bertz CT molecular complexity index is 2200. The van der Waals surface area contributed by atoms with Crippen molar-refractivity contribution in [3.05, 3.63) is 114 Å². The average molecular weight is 540 g/mol. The van der Waals surface area contributed by atoms with E-state index in [0.29, 0.717) is 22.5 Å². The Morgan fingerprint density at radius 3 is 2.18 bits per heavy atom. The Kier molecular flexibility index (Phi) is 5.02. The number of thiophene rings is 1. The van der Waals surface area contributed by atoms with Gasteiger partial charge >= 0.3 is 0 Å². The second kappa shape index (κ2) is 8.73. The summed E-state index contributed by atoms with van der Waals surface area (Å²) in [6.07, 6.45) is 0. The van der Waals surface area contributed by atoms with Crippen molar-refractivity contribution < 1.29 is 4.42 Å². The Morgan fingerprint density at radius 2 is 1.28 bits per heavy atom. The molecule has 184 valence electrons. The molecule has 0 amide bonds. The van der Waals surface area contributed by atoms with Gasteiger partial charge in [-0.15, -0.1) is 11.3 Å². The van der Waals surface area contributed by atoms with E-state index >= 15 is 0 Å². The monoisotopic (exact) mass is 539 g/mol. The SMILES string of the molecule is Clc1ccc2oc3c(-c4nc(-c5ccccc5)nc(-c5ccc6c(c5)sc5ccccc56)n4)cccc3c2c1. The summed E-state index contributed by atoms with van der Waals surface area (Å²) >= 11 is 8.08. The third-order valence-electron chi connectivity index (χ3n) is 7.00. The van der Waals surface area contributed by atoms with Gasteiger partial charge in [0.2, 0.25) is 0 Å². The molecule has 0 fully saturated rings. The molecule has 0 saturated carbocycles. The summed E-state index contributed by atoms with van der Waals surface area (Å²) in [6.45, 7) is 0. The highest BCUT2D eigenvalue weighted by Crippen LogP contribution is 2.38. The van der Waals surface area contributed by atoms with Crippen molar-refractivity contribution in [2.75, 3.05) is 0 Å². The lowest BCUT2D eigenvalue weighted by atomic mass is 10.1. The zero-order valence-electron chi connectivity index (χ0n) is 20.4. The highest BCUT2D eigenvalue weighted by molar-refractivity contribution is 7.25. The van der Waals surface area contributed by atoms with Gasteiger partial charge in [-0.05, 0) is 36.4 Å². The third-order valence-corrected chi connectivity index (χ3v) is 8.37. The van der Waals surface area contributed by atoms with Gasteiger partial charge in [-0.25, -0.2) is 15.0 Å². The molecular weight excluding hydrogens is 522 g/mol. The molecule has 5 aromatic carbocycles. The normalized spacial score (nSPS) is 11.7. The molecule has 4 nitrogen and oxygen atoms in total. The first-order valence-corrected chi connectivity index (χ1v) is 13.7. The Hall–Kier alpha value is -4.58. The van der Waals surface area contributed by atoms with Crippen molar-refractivity contribution in [1.82, 2.24) is 15.0 Å². The summed E-state index contributed by atoms with van der Waals surface area (Å²) in [5, 5.41) is 5.11. The topological polar surface area (TPSA) is 51.8 Å². The van der Waals surface area contributed by atoms with E-state index in [1.807, 2.05) is 66.7 Å². The van der Waals surface area contributed by atoms with E-state index in [4.69, 9.17) is 31.0 Å². The molecule has 8 rings (SSSR count). The van der Waals surface area contributed by atoms with Gasteiger partial charge in [-0.2, -0.15) is 0 Å². The molecule has 0 aliphatic carbocycles. The lowest BCUT2D eigenvalue weighted by molar-refractivity contribution is 0.669. The van der Waals surface area contributed by atoms with Crippen molar-refractivity contribution in [3.8, 4) is 34.2 Å². The lowest BCUT2D eigenvalue weighted by Crippen LogP contribution is -2.00. The highest BCUT2D eigenvalue weighted by Gasteiger charge is 2.18. The second-order valence-corrected chi connectivity index (χ2v) is 10.9. The van der Waals surface area contributed by atoms with Crippen LogP contribution in [-0.4, -0.2) is 15.0 Å². The molecule has 0 aliphatic heterocycles. The van der Waals surface area contributed by atoms with E-state index in [1.165, 1.54) is 20.2 Å². The van der Waals surface area contributed by atoms with E-state index in [1.54, 1.807) is 11.3 Å². The standard InChI is InChI=1S/C33H18ClN3OS/c34-21-14-16-27-26(18-21)24-10-6-11-25(30(24)38-27)33-36-31(19-7-2-1-3-8-19)35-32(37-33)20-13-15-23-22-9-4-5-12-28(22)39-29(23)17-20/h1-18H. The maximum atomic E-state index is 6.32. The zero-order valence-corrected chi connectivity index (χ0v) is 22.0. The van der Waals surface area contributed by atoms with Crippen LogP contribution in [0.3, 0.4) is 0 Å². The van der Waals surface area contributed by atoms with Crippen LogP contribution in [-0.2, 0) is 0 Å². The smallest absolute Gasteiger partial charge is 0.167 e. The van der Waals surface area contributed by atoms with Crippen molar-refractivity contribution in [2.24, 2.45) is 0 Å². The number of hydrogen-bond acceptors (Lipinski definition) is 5. The average Bonchev–Trinajstić information content (AvgIpc) is 3.55. The fourth-order valence-electron chi connectivity index (χ4n) is 5.15. The summed E-state index contributed by atoms with van der Waals surface area (Å²) < 4.78 is 8.79. The van der Waals surface area contributed by atoms with Crippen LogP contribution < -0.4 is 0 Å². The van der Waals surface area contributed by atoms with Gasteiger partial charge in [-0.1, -0.05) is 84.4 Å². The number of furan rings is 1. The summed E-state index contributed by atoms with van der Waals surface area (Å²) in [5.74, 6) is 1.80. The van der Waals surface area contributed by atoms with Gasteiger partial charge in [0.15, 0.2) is 17.5 Å². The van der Waals surface area contributed by atoms with Crippen LogP contribution in [0, 0.1) is 0 Å². The molecule has 0 aliphatic rings. The van der Waals surface area contributed by atoms with Gasteiger partial charge in [-0.3, -0.25) is 0 Å². The van der Waals surface area contributed by atoms with Gasteiger partial charge in [0.05, 0.1) is 5.56 Å². The van der Waals surface area contributed by atoms with Gasteiger partial charge in [0, 0.05) is 47.1 Å². The van der Waals surface area contributed by atoms with Crippen molar-refractivity contribution in [1.29, 1.82) is 0 Å². The van der Waals surface area contributed by atoms with Crippen LogP contribution in [0.5, 0.6) is 0 Å². The van der Waals surface area contributed by atoms with E-state index in [-0.39, 0.29) is 0 Å². The number of aromatic nitrogens is 3. The number of hydrogen-bond donors (Lipinski definition) is 0. The molecule has 0 radical (unpaired) electrons. The summed E-state index contributed by atoms with van der Waals surface area (Å²) in [5.41, 5.74) is 4.18. The molecule has 0 atom stereocenters. The molecule has 8 aromatic rings. The van der Waals surface area contributed by atoms with Gasteiger partial charge in [0.1, 0.15) is 11.2 Å². The fraction of sp³-hybridized carbons (Fsp3) is 0. The van der Waals surface area contributed by atoms with Crippen molar-refractivity contribution in [2.45, 2.75) is 0 Å². The number of benzene rings is 5. The van der Waals surface area contributed by atoms with E-state index in [9.17, 15) is 0 Å². The van der Waals surface area contributed by atoms with Crippen LogP contribution >= 0.6 is 22.9 Å². The number of rotatable bonds is 3. The molecule has 0 bridgehead atoms. The first-order valence-electron chi connectivity index (χ1n) is 12.6. The van der Waals surface area contributed by atoms with Crippen LogP contribution in [0.25, 0.3) is 76.3 Å². The maximum absolute atomic E-state index is 6.32. The first kappa shape index (κ1) is 22.4. The molecular formula is C33H18ClN3OS. The molecule has 0 unspecified atom stereocenters. The lowest BCUT2D eigenvalue weighted by Gasteiger charge is -2.09. The molecule has 0 N–H and O–H groups in total. The van der Waals surface area contributed by atoms with E-state index < -0.39 is 0 Å². The Morgan fingerprint density at radius 1 is 0.538 bits per heavy atom. The fourth-order valence-corrected chi connectivity index (χ4v) is 6.47. The largest absolute Gasteiger partial charge is 0.455 e. The van der Waals surface area contributed by atoms with Crippen LogP contribution in [0.2, 0.25) is 5.02 Å². The summed E-state index contributed by atoms with van der Waals surface area (Å²) in [4.78, 5) is 14.9. The maximum Gasteiger partial charge on any atom is 0.167 e. The molecule has 3 aromatic heterocycles.